The van der Waals surface area contributed by atoms with E-state index in [1.54, 1.807) is 0 Å². The summed E-state index contributed by atoms with van der Waals surface area (Å²) in [6.07, 6.45) is 2.41. The average Bonchev–Trinajstić information content (AvgIpc) is 2.78. The fourth-order valence-corrected chi connectivity index (χ4v) is 2.40. The normalized spacial score (nSPS) is 11.9. The number of nitrogens with zero attached hydrogens (tertiary/aromatic N) is 1. The fourth-order valence-electron chi connectivity index (χ4n) is 2.40. The maximum Gasteiger partial charge on any atom is 0.407 e. The molecule has 0 saturated carbocycles. The quantitative estimate of drug-likeness (QED) is 0.530. The summed E-state index contributed by atoms with van der Waals surface area (Å²) in [6.45, 7) is 6.13. The first-order chi connectivity index (χ1) is 10.6. The third-order valence-corrected chi connectivity index (χ3v) is 3.59. The molecule has 0 aliphatic heterocycles. The SMILES string of the molecule is CC(C)(C)OC(=O)NCCc1c[nH]c2ccc([N+](C)(C)C)cc12.[I-]. The van der Waals surface area contributed by atoms with Crippen molar-refractivity contribution in [2.24, 2.45) is 0 Å². The molecule has 0 fully saturated rings. The molecule has 0 spiro atoms. The number of halogens is 1. The number of carbonyl (C=O) groups is 1. The highest BCUT2D eigenvalue weighted by Gasteiger charge is 2.16. The molecule has 0 bridgehead atoms. The summed E-state index contributed by atoms with van der Waals surface area (Å²) in [6, 6.07) is 6.47. The van der Waals surface area contributed by atoms with Gasteiger partial charge >= 0.3 is 6.09 Å². The maximum atomic E-state index is 11.7. The Balaban J connectivity index is 0.00000288. The van der Waals surface area contributed by atoms with E-state index in [1.165, 1.54) is 16.6 Å². The number of H-pyrrole nitrogens is 1. The van der Waals surface area contributed by atoms with E-state index in [4.69, 9.17) is 4.74 Å². The van der Waals surface area contributed by atoms with Crippen LogP contribution < -0.4 is 33.8 Å². The Kier molecular flexibility index (Phi) is 6.69. The van der Waals surface area contributed by atoms with Crippen molar-refractivity contribution in [1.82, 2.24) is 14.8 Å². The Bertz CT molecular complexity index is 696. The first kappa shape index (κ1) is 20.8. The van der Waals surface area contributed by atoms with Crippen LogP contribution in [-0.4, -0.2) is 44.4 Å². The van der Waals surface area contributed by atoms with Crippen LogP contribution in [0.1, 0.15) is 26.3 Å². The van der Waals surface area contributed by atoms with E-state index in [2.05, 4.69) is 49.6 Å². The number of nitrogens with one attached hydrogen (secondary N) is 2. The Morgan fingerprint density at radius 3 is 2.50 bits per heavy atom. The molecule has 0 atom stereocenters. The summed E-state index contributed by atoms with van der Waals surface area (Å²) in [5.74, 6) is 0. The minimum absolute atomic E-state index is 0. The van der Waals surface area contributed by atoms with Crippen LogP contribution in [0.15, 0.2) is 24.4 Å². The number of rotatable bonds is 4. The van der Waals surface area contributed by atoms with Crippen molar-refractivity contribution in [3.63, 3.8) is 0 Å². The van der Waals surface area contributed by atoms with E-state index < -0.39 is 5.60 Å². The third kappa shape index (κ3) is 5.66. The van der Waals surface area contributed by atoms with E-state index in [-0.39, 0.29) is 30.1 Å². The molecule has 6 heteroatoms. The van der Waals surface area contributed by atoms with Gasteiger partial charge in [0.05, 0.1) is 21.1 Å². The predicted octanol–water partition coefficient (Wildman–Crippen LogP) is 0.436. The van der Waals surface area contributed by atoms with Gasteiger partial charge in [-0.15, -0.1) is 0 Å². The molecule has 134 valence electrons. The predicted molar refractivity (Wildman–Crippen MR) is 95.8 cm³/mol. The second-order valence-electron chi connectivity index (χ2n) is 7.73. The van der Waals surface area contributed by atoms with Crippen LogP contribution in [0.5, 0.6) is 0 Å². The zero-order chi connectivity index (χ0) is 17.3. The maximum absolute atomic E-state index is 11.7. The highest BCUT2D eigenvalue weighted by atomic mass is 127. The van der Waals surface area contributed by atoms with Gasteiger partial charge in [0.2, 0.25) is 0 Å². The lowest BCUT2D eigenvalue weighted by atomic mass is 10.1. The third-order valence-electron chi connectivity index (χ3n) is 3.59. The van der Waals surface area contributed by atoms with Gasteiger partial charge in [0.15, 0.2) is 0 Å². The summed E-state index contributed by atoms with van der Waals surface area (Å²) in [4.78, 5) is 15.0. The van der Waals surface area contributed by atoms with Gasteiger partial charge in [-0.1, -0.05) is 0 Å². The van der Waals surface area contributed by atoms with Gasteiger partial charge < -0.3 is 39.0 Å². The molecular weight excluding hydrogens is 417 g/mol. The van der Waals surface area contributed by atoms with Gasteiger partial charge in [-0.25, -0.2) is 4.79 Å². The number of hydrogen-bond acceptors (Lipinski definition) is 2. The van der Waals surface area contributed by atoms with Crippen molar-refractivity contribution in [2.45, 2.75) is 32.8 Å². The number of amides is 1. The van der Waals surface area contributed by atoms with Crippen molar-refractivity contribution in [2.75, 3.05) is 27.7 Å². The fraction of sp³-hybridized carbons (Fsp3) is 0.500. The van der Waals surface area contributed by atoms with Crippen LogP contribution in [0.3, 0.4) is 0 Å². The summed E-state index contributed by atoms with van der Waals surface area (Å²) in [7, 11) is 6.45. The van der Waals surface area contributed by atoms with E-state index in [9.17, 15) is 4.79 Å². The molecule has 2 rings (SSSR count). The van der Waals surface area contributed by atoms with Crippen LogP contribution >= 0.6 is 0 Å². The first-order valence-electron chi connectivity index (χ1n) is 7.95. The van der Waals surface area contributed by atoms with E-state index in [0.29, 0.717) is 6.54 Å². The highest BCUT2D eigenvalue weighted by molar-refractivity contribution is 5.86. The van der Waals surface area contributed by atoms with Crippen LogP contribution in [0, 0.1) is 0 Å². The van der Waals surface area contributed by atoms with E-state index in [0.717, 1.165) is 16.4 Å². The van der Waals surface area contributed by atoms with Gasteiger partial charge in [-0.05, 0) is 38.8 Å². The van der Waals surface area contributed by atoms with Gasteiger partial charge in [0.25, 0.3) is 0 Å². The summed E-state index contributed by atoms with van der Waals surface area (Å²) >= 11 is 0. The van der Waals surface area contributed by atoms with E-state index in [1.807, 2.05) is 27.0 Å². The summed E-state index contributed by atoms with van der Waals surface area (Å²) in [5, 5.41) is 4.02. The van der Waals surface area contributed by atoms with Crippen molar-refractivity contribution in [1.29, 1.82) is 0 Å². The number of alkyl carbamates (subject to hydrolysis) is 1. The first-order valence-corrected chi connectivity index (χ1v) is 7.95. The van der Waals surface area contributed by atoms with Crippen molar-refractivity contribution >= 4 is 22.7 Å². The average molecular weight is 445 g/mol. The minimum Gasteiger partial charge on any atom is -1.00 e. The smallest absolute Gasteiger partial charge is 0.407 e. The molecule has 2 aromatic rings. The van der Waals surface area contributed by atoms with Crippen LogP contribution in [0.2, 0.25) is 0 Å². The van der Waals surface area contributed by atoms with Crippen LogP contribution in [-0.2, 0) is 11.2 Å². The van der Waals surface area contributed by atoms with Gasteiger partial charge in [-0.3, -0.25) is 4.48 Å². The van der Waals surface area contributed by atoms with Crippen LogP contribution in [0.4, 0.5) is 10.5 Å². The lowest BCUT2D eigenvalue weighted by Crippen LogP contribution is -3.00. The van der Waals surface area contributed by atoms with Gasteiger partial charge in [0.1, 0.15) is 11.3 Å². The molecule has 0 unspecified atom stereocenters. The molecule has 1 heterocycles. The molecule has 0 saturated heterocycles. The van der Waals surface area contributed by atoms with Crippen molar-refractivity contribution in [3.8, 4) is 0 Å². The number of carbonyl (C=O) groups excluding carboxylic acids is 1. The minimum atomic E-state index is -0.468. The standard InChI is InChI=1S/C18H27N3O2.HI/c1-18(2,3)23-17(22)19-10-9-13-12-20-16-8-7-14(11-15(13)16)21(4,5)6;/h7-8,11-12,20H,9-10H2,1-6H3;1H. The number of benzene rings is 1. The molecule has 5 nitrogen and oxygen atoms in total. The molecule has 0 radical (unpaired) electrons. The molecule has 1 amide bonds. The molecular formula is C18H28IN3O2. The van der Waals surface area contributed by atoms with Gasteiger partial charge in [0, 0.05) is 35.8 Å². The van der Waals surface area contributed by atoms with Crippen LogP contribution in [0.25, 0.3) is 10.9 Å². The summed E-state index contributed by atoms with van der Waals surface area (Å²) in [5.41, 5.74) is 3.10. The number of hydrogen-bond donors (Lipinski definition) is 2. The lowest BCUT2D eigenvalue weighted by molar-refractivity contribution is -0.0000272. The molecule has 0 aliphatic carbocycles. The zero-order valence-electron chi connectivity index (χ0n) is 15.4. The molecule has 24 heavy (non-hydrogen) atoms. The second-order valence-corrected chi connectivity index (χ2v) is 7.73. The molecule has 1 aromatic heterocycles. The number of quaternary nitrogens is 1. The Labute approximate surface area is 161 Å². The number of ether oxygens (including phenoxy) is 1. The van der Waals surface area contributed by atoms with Crippen molar-refractivity contribution < 1.29 is 33.5 Å². The highest BCUT2D eigenvalue weighted by Crippen LogP contribution is 2.26. The lowest BCUT2D eigenvalue weighted by Gasteiger charge is -2.23. The Hall–Kier alpha value is -1.28. The molecule has 0 aliphatic rings. The Morgan fingerprint density at radius 1 is 1.25 bits per heavy atom. The largest absolute Gasteiger partial charge is 1.00 e. The van der Waals surface area contributed by atoms with Crippen molar-refractivity contribution in [3.05, 3.63) is 30.0 Å². The summed E-state index contributed by atoms with van der Waals surface area (Å²) < 4.78 is 6.02. The topological polar surface area (TPSA) is 54.1 Å². The van der Waals surface area contributed by atoms with E-state index >= 15 is 0 Å². The monoisotopic (exact) mass is 445 g/mol. The zero-order valence-corrected chi connectivity index (χ0v) is 17.5. The molecule has 1 aromatic carbocycles. The second kappa shape index (κ2) is 7.74. The number of fused-ring (bicyclic) bond motifs is 1. The number of aromatic nitrogens is 1. The van der Waals surface area contributed by atoms with Gasteiger partial charge in [-0.2, -0.15) is 0 Å². The molecule has 2 N–H and O–H groups in total. The number of aromatic amines is 1. The Morgan fingerprint density at radius 2 is 1.92 bits per heavy atom.